The van der Waals surface area contributed by atoms with Gasteiger partial charge in [0.15, 0.2) is 0 Å². The van der Waals surface area contributed by atoms with Gasteiger partial charge in [-0.15, -0.1) is 0 Å². The van der Waals surface area contributed by atoms with E-state index in [1.165, 1.54) is 0 Å². The summed E-state index contributed by atoms with van der Waals surface area (Å²) >= 11 is 0. The van der Waals surface area contributed by atoms with Gasteiger partial charge in [0, 0.05) is 7.05 Å². The third-order valence-electron chi connectivity index (χ3n) is 0.651. The minimum atomic E-state index is -4.07. The second-order valence-electron chi connectivity index (χ2n) is 1.30. The Morgan fingerprint density at radius 2 is 2.00 bits per heavy atom. The van der Waals surface area contributed by atoms with E-state index < -0.39 is 16.3 Å². The van der Waals surface area contributed by atoms with Crippen molar-refractivity contribution in [3.63, 3.8) is 0 Å². The molecule has 0 aromatic carbocycles. The first kappa shape index (κ1) is 8.18. The summed E-state index contributed by atoms with van der Waals surface area (Å²) < 4.78 is 20.2. The maximum absolute atomic E-state index is 10.1. The number of nitrogens with zero attached hydrogens (tertiary/aromatic N) is 1. The molecular formula is C2H6N2O4S. The van der Waals surface area contributed by atoms with Crippen molar-refractivity contribution < 1.29 is 18.3 Å². The minimum absolute atomic E-state index is 0.0208. The predicted molar refractivity (Wildman–Crippen MR) is 28.9 cm³/mol. The summed E-state index contributed by atoms with van der Waals surface area (Å²) in [6.07, 6.45) is -1.60. The Balaban J connectivity index is 4.43. The molecule has 0 bridgehead atoms. The van der Waals surface area contributed by atoms with E-state index in [2.05, 4.69) is 5.14 Å². The lowest BCUT2D eigenvalue weighted by Crippen LogP contribution is -2.36. The summed E-state index contributed by atoms with van der Waals surface area (Å²) in [5.74, 6) is 0. The van der Waals surface area contributed by atoms with Gasteiger partial charge in [-0.3, -0.25) is 0 Å². The van der Waals surface area contributed by atoms with Crippen molar-refractivity contribution in [2.24, 2.45) is 5.14 Å². The zero-order valence-electron chi connectivity index (χ0n) is 4.60. The van der Waals surface area contributed by atoms with Gasteiger partial charge in [-0.05, 0) is 0 Å². The molecule has 0 aliphatic rings. The largest absolute Gasteiger partial charge is 0.464 e. The number of hydrogen-bond donors (Lipinski definition) is 2. The van der Waals surface area contributed by atoms with Crippen LogP contribution < -0.4 is 5.14 Å². The van der Waals surface area contributed by atoms with E-state index in [1.54, 1.807) is 0 Å². The van der Waals surface area contributed by atoms with Crippen molar-refractivity contribution in [3.8, 4) is 0 Å². The summed E-state index contributed by atoms with van der Waals surface area (Å²) in [6.45, 7) is 0. The van der Waals surface area contributed by atoms with Gasteiger partial charge >= 0.3 is 16.3 Å². The maximum Gasteiger partial charge on any atom is 0.421 e. The summed E-state index contributed by atoms with van der Waals surface area (Å²) in [6, 6.07) is 0. The highest BCUT2D eigenvalue weighted by atomic mass is 32.2. The lowest BCUT2D eigenvalue weighted by atomic mass is 11.1. The van der Waals surface area contributed by atoms with Gasteiger partial charge in [0.25, 0.3) is 0 Å². The van der Waals surface area contributed by atoms with E-state index in [-0.39, 0.29) is 4.31 Å². The lowest BCUT2D eigenvalue weighted by Gasteiger charge is -2.07. The van der Waals surface area contributed by atoms with Crippen LogP contribution in [0.15, 0.2) is 0 Å². The summed E-state index contributed by atoms with van der Waals surface area (Å²) in [5, 5.41) is 12.4. The van der Waals surface area contributed by atoms with Crippen LogP contribution in [0, 0.1) is 0 Å². The van der Waals surface area contributed by atoms with Gasteiger partial charge in [0.05, 0.1) is 0 Å². The van der Waals surface area contributed by atoms with Gasteiger partial charge in [0.1, 0.15) is 0 Å². The third-order valence-corrected chi connectivity index (χ3v) is 1.57. The van der Waals surface area contributed by atoms with Crippen LogP contribution in [-0.2, 0) is 10.2 Å². The highest BCUT2D eigenvalue weighted by Crippen LogP contribution is 1.87. The average Bonchev–Trinajstić information content (AvgIpc) is 1.62. The molecule has 0 aliphatic heterocycles. The quantitative estimate of drug-likeness (QED) is 0.495. The van der Waals surface area contributed by atoms with Crippen molar-refractivity contribution in [1.82, 2.24) is 4.31 Å². The molecule has 0 saturated carbocycles. The Bertz CT molecular complexity index is 207. The Morgan fingerprint density at radius 1 is 1.67 bits per heavy atom. The van der Waals surface area contributed by atoms with Gasteiger partial charge in [0.2, 0.25) is 0 Å². The van der Waals surface area contributed by atoms with Crippen molar-refractivity contribution in [3.05, 3.63) is 0 Å². The molecule has 0 heterocycles. The number of amides is 1. The van der Waals surface area contributed by atoms with Crippen LogP contribution in [0.1, 0.15) is 0 Å². The fourth-order valence-electron chi connectivity index (χ4n) is 0.109. The number of nitrogens with two attached hydrogens (primary N) is 1. The average molecular weight is 154 g/mol. The summed E-state index contributed by atoms with van der Waals surface area (Å²) in [4.78, 5) is 9.81. The molecule has 0 radical (unpaired) electrons. The molecule has 0 spiro atoms. The molecule has 0 saturated heterocycles. The molecule has 1 amide bonds. The highest BCUT2D eigenvalue weighted by molar-refractivity contribution is 7.87. The number of hydrogen-bond acceptors (Lipinski definition) is 3. The molecule has 0 unspecified atom stereocenters. The smallest absolute Gasteiger partial charge is 0.421 e. The molecule has 54 valence electrons. The molecule has 7 heteroatoms. The van der Waals surface area contributed by atoms with E-state index in [9.17, 15) is 13.2 Å². The van der Waals surface area contributed by atoms with Crippen LogP contribution in [-0.4, -0.2) is 31.0 Å². The SMILES string of the molecule is CN(C(=O)O)S(N)(=O)=O. The fourth-order valence-corrected chi connectivity index (χ4v) is 0.327. The molecule has 6 nitrogen and oxygen atoms in total. The van der Waals surface area contributed by atoms with Gasteiger partial charge < -0.3 is 5.11 Å². The molecule has 0 aromatic rings. The molecule has 0 aromatic heterocycles. The first-order valence-electron chi connectivity index (χ1n) is 1.85. The van der Waals surface area contributed by atoms with Crippen LogP contribution in [0.2, 0.25) is 0 Å². The molecule has 9 heavy (non-hydrogen) atoms. The van der Waals surface area contributed by atoms with Crippen LogP contribution in [0.4, 0.5) is 4.79 Å². The minimum Gasteiger partial charge on any atom is -0.464 e. The van der Waals surface area contributed by atoms with Crippen molar-refractivity contribution in [1.29, 1.82) is 0 Å². The molecule has 0 atom stereocenters. The van der Waals surface area contributed by atoms with Gasteiger partial charge in [-0.25, -0.2) is 9.93 Å². The Hall–Kier alpha value is -0.820. The normalized spacial score (nSPS) is 10.9. The van der Waals surface area contributed by atoms with Gasteiger partial charge in [-0.2, -0.15) is 12.7 Å². The lowest BCUT2D eigenvalue weighted by molar-refractivity contribution is 0.178. The summed E-state index contributed by atoms with van der Waals surface area (Å²) in [5.41, 5.74) is 0. The monoisotopic (exact) mass is 154 g/mol. The number of rotatable bonds is 1. The van der Waals surface area contributed by atoms with E-state index >= 15 is 0 Å². The fraction of sp³-hybridized carbons (Fsp3) is 0.500. The molecule has 0 fully saturated rings. The topological polar surface area (TPSA) is 101 Å². The second-order valence-corrected chi connectivity index (χ2v) is 2.87. The van der Waals surface area contributed by atoms with Crippen molar-refractivity contribution in [2.45, 2.75) is 0 Å². The van der Waals surface area contributed by atoms with Crippen molar-refractivity contribution >= 4 is 16.3 Å². The zero-order chi connectivity index (χ0) is 7.65. The van der Waals surface area contributed by atoms with Crippen LogP contribution >= 0.6 is 0 Å². The summed E-state index contributed by atoms with van der Waals surface area (Å²) in [7, 11) is -3.22. The van der Waals surface area contributed by atoms with Crippen LogP contribution in [0.3, 0.4) is 0 Å². The van der Waals surface area contributed by atoms with E-state index in [0.717, 1.165) is 7.05 Å². The highest BCUT2D eigenvalue weighted by Gasteiger charge is 2.16. The third kappa shape index (κ3) is 2.29. The first-order chi connectivity index (χ1) is 3.85. The molecule has 0 rings (SSSR count). The Kier molecular flexibility index (Phi) is 1.99. The van der Waals surface area contributed by atoms with E-state index in [4.69, 9.17) is 5.11 Å². The Labute approximate surface area is 52.1 Å². The number of carboxylic acid groups (broad SMARTS) is 1. The van der Waals surface area contributed by atoms with Crippen LogP contribution in [0.5, 0.6) is 0 Å². The van der Waals surface area contributed by atoms with E-state index in [1.807, 2.05) is 0 Å². The number of carbonyl (C=O) groups is 1. The molecule has 3 N–H and O–H groups in total. The van der Waals surface area contributed by atoms with Crippen molar-refractivity contribution in [2.75, 3.05) is 7.05 Å². The van der Waals surface area contributed by atoms with E-state index in [0.29, 0.717) is 0 Å². The van der Waals surface area contributed by atoms with Gasteiger partial charge in [-0.1, -0.05) is 0 Å². The maximum atomic E-state index is 10.1. The standard InChI is InChI=1S/C2H6N2O4S/c1-4(2(5)6)9(3,7)8/h1H3,(H,5,6)(H2,3,7,8). The first-order valence-corrected chi connectivity index (χ1v) is 3.35. The van der Waals surface area contributed by atoms with Crippen LogP contribution in [0.25, 0.3) is 0 Å². The molecular weight excluding hydrogens is 148 g/mol. The zero-order valence-corrected chi connectivity index (χ0v) is 5.42. The Morgan fingerprint density at radius 3 is 2.00 bits per heavy atom. The predicted octanol–water partition coefficient (Wildman–Crippen LogP) is -1.20. The molecule has 0 aliphatic carbocycles. The second kappa shape index (κ2) is 2.19.